The molecule has 7 nitrogen and oxygen atoms in total. The molecule has 0 bridgehead atoms. The molecule has 0 spiro atoms. The highest BCUT2D eigenvalue weighted by Gasteiger charge is 2.25. The zero-order chi connectivity index (χ0) is 14.8. The molecular weight excluding hydrogens is 268 g/mol. The van der Waals surface area contributed by atoms with Gasteiger partial charge in [0.1, 0.15) is 17.5 Å². The summed E-state index contributed by atoms with van der Waals surface area (Å²) >= 11 is 0. The van der Waals surface area contributed by atoms with Crippen molar-refractivity contribution in [3.05, 3.63) is 30.1 Å². The van der Waals surface area contributed by atoms with Crippen LogP contribution in [0.5, 0.6) is 0 Å². The third-order valence-electron chi connectivity index (χ3n) is 3.69. The van der Waals surface area contributed by atoms with Crippen LogP contribution < -0.4 is 10.6 Å². The second kappa shape index (κ2) is 5.42. The molecule has 1 aliphatic heterocycles. The molecule has 7 heteroatoms. The molecule has 3 N–H and O–H groups in total. The van der Waals surface area contributed by atoms with Gasteiger partial charge in [-0.15, -0.1) is 5.10 Å². The van der Waals surface area contributed by atoms with E-state index in [9.17, 15) is 10.4 Å². The fourth-order valence-corrected chi connectivity index (χ4v) is 2.51. The van der Waals surface area contributed by atoms with Crippen LogP contribution in [0.25, 0.3) is 5.69 Å². The lowest BCUT2D eigenvalue weighted by atomic mass is 10.1. The first-order valence-electron chi connectivity index (χ1n) is 6.82. The van der Waals surface area contributed by atoms with Crippen LogP contribution in [0, 0.1) is 11.3 Å². The number of hydrogen-bond donors (Lipinski definition) is 2. The normalized spacial score (nSPS) is 15.9. The van der Waals surface area contributed by atoms with Crippen LogP contribution in [-0.2, 0) is 0 Å². The standard InChI is InChI=1S/C14H16N6O/c15-9-12-13(16)20(10-1-5-17-6-2-10)18-14(12)19-7-3-11(21)4-8-19/h1-2,5-6,11,21H,3-4,7-8,16H2. The Morgan fingerprint density at radius 1 is 1.29 bits per heavy atom. The second-order valence-corrected chi connectivity index (χ2v) is 5.03. The van der Waals surface area contributed by atoms with Crippen molar-refractivity contribution in [2.45, 2.75) is 18.9 Å². The van der Waals surface area contributed by atoms with Crippen molar-refractivity contribution in [3.63, 3.8) is 0 Å². The van der Waals surface area contributed by atoms with E-state index in [-0.39, 0.29) is 6.10 Å². The van der Waals surface area contributed by atoms with Gasteiger partial charge in [0.05, 0.1) is 11.8 Å². The van der Waals surface area contributed by atoms with E-state index >= 15 is 0 Å². The second-order valence-electron chi connectivity index (χ2n) is 5.03. The number of hydrogen-bond acceptors (Lipinski definition) is 6. The van der Waals surface area contributed by atoms with Gasteiger partial charge in [-0.3, -0.25) is 4.98 Å². The van der Waals surface area contributed by atoms with E-state index in [0.29, 0.717) is 43.1 Å². The summed E-state index contributed by atoms with van der Waals surface area (Å²) in [5, 5.41) is 23.4. The molecule has 3 rings (SSSR count). The Bertz CT molecular complexity index is 667. The number of aliphatic hydroxyl groups is 1. The molecule has 21 heavy (non-hydrogen) atoms. The summed E-state index contributed by atoms with van der Waals surface area (Å²) in [5.41, 5.74) is 7.21. The predicted molar refractivity (Wildman–Crippen MR) is 77.9 cm³/mol. The number of rotatable bonds is 2. The number of aromatic nitrogens is 3. The first-order chi connectivity index (χ1) is 10.2. The van der Waals surface area contributed by atoms with Crippen LogP contribution in [0.1, 0.15) is 18.4 Å². The average molecular weight is 284 g/mol. The molecule has 3 heterocycles. The Morgan fingerprint density at radius 3 is 2.57 bits per heavy atom. The number of pyridine rings is 1. The number of nitrogens with zero attached hydrogens (tertiary/aromatic N) is 5. The van der Waals surface area contributed by atoms with Gasteiger partial charge in [-0.1, -0.05) is 0 Å². The smallest absolute Gasteiger partial charge is 0.171 e. The van der Waals surface area contributed by atoms with Gasteiger partial charge in [0, 0.05) is 25.5 Å². The highest BCUT2D eigenvalue weighted by atomic mass is 16.3. The molecule has 0 aromatic carbocycles. The lowest BCUT2D eigenvalue weighted by Gasteiger charge is -2.29. The van der Waals surface area contributed by atoms with Crippen molar-refractivity contribution >= 4 is 11.6 Å². The largest absolute Gasteiger partial charge is 0.393 e. The third-order valence-corrected chi connectivity index (χ3v) is 3.69. The van der Waals surface area contributed by atoms with E-state index < -0.39 is 0 Å². The van der Waals surface area contributed by atoms with Gasteiger partial charge in [0.25, 0.3) is 0 Å². The molecule has 2 aromatic heterocycles. The highest BCUT2D eigenvalue weighted by Crippen LogP contribution is 2.28. The zero-order valence-corrected chi connectivity index (χ0v) is 11.5. The number of piperidine rings is 1. The Kier molecular flexibility index (Phi) is 3.46. The topological polar surface area (TPSA) is 104 Å². The molecule has 0 saturated carbocycles. The number of aliphatic hydroxyl groups excluding tert-OH is 1. The average Bonchev–Trinajstić information content (AvgIpc) is 2.85. The van der Waals surface area contributed by atoms with Gasteiger partial charge in [-0.25, -0.2) is 4.68 Å². The van der Waals surface area contributed by atoms with E-state index in [1.54, 1.807) is 29.2 Å². The summed E-state index contributed by atoms with van der Waals surface area (Å²) in [6.07, 6.45) is 4.38. The maximum atomic E-state index is 9.59. The van der Waals surface area contributed by atoms with E-state index in [1.165, 1.54) is 0 Å². The summed E-state index contributed by atoms with van der Waals surface area (Å²) in [7, 11) is 0. The van der Waals surface area contributed by atoms with Gasteiger partial charge < -0.3 is 15.7 Å². The fourth-order valence-electron chi connectivity index (χ4n) is 2.51. The summed E-state index contributed by atoms with van der Waals surface area (Å²) in [6.45, 7) is 1.34. The summed E-state index contributed by atoms with van der Waals surface area (Å²) in [4.78, 5) is 5.96. The first kappa shape index (κ1) is 13.4. The molecule has 0 unspecified atom stereocenters. The Balaban J connectivity index is 2.00. The van der Waals surface area contributed by atoms with Crippen LogP contribution in [-0.4, -0.2) is 39.1 Å². The third kappa shape index (κ3) is 2.41. The van der Waals surface area contributed by atoms with Crippen molar-refractivity contribution in [1.29, 1.82) is 5.26 Å². The van der Waals surface area contributed by atoms with E-state index in [4.69, 9.17) is 5.73 Å². The van der Waals surface area contributed by atoms with Gasteiger partial charge in [0.2, 0.25) is 0 Å². The number of nitrogen functional groups attached to an aromatic ring is 1. The van der Waals surface area contributed by atoms with E-state index in [2.05, 4.69) is 16.2 Å². The van der Waals surface area contributed by atoms with Gasteiger partial charge in [-0.05, 0) is 25.0 Å². The summed E-state index contributed by atoms with van der Waals surface area (Å²) < 4.78 is 1.56. The zero-order valence-electron chi connectivity index (χ0n) is 11.5. The van der Waals surface area contributed by atoms with Gasteiger partial charge in [-0.2, -0.15) is 5.26 Å². The van der Waals surface area contributed by atoms with E-state index in [1.807, 2.05) is 4.90 Å². The molecular formula is C14H16N6O. The van der Waals surface area contributed by atoms with Crippen molar-refractivity contribution < 1.29 is 5.11 Å². The number of nitrogens with two attached hydrogens (primary N) is 1. The van der Waals surface area contributed by atoms with Crippen molar-refractivity contribution in [2.24, 2.45) is 0 Å². The minimum Gasteiger partial charge on any atom is -0.393 e. The highest BCUT2D eigenvalue weighted by molar-refractivity contribution is 5.67. The molecule has 0 atom stereocenters. The lowest BCUT2D eigenvalue weighted by molar-refractivity contribution is 0.145. The molecule has 2 aromatic rings. The van der Waals surface area contributed by atoms with Crippen LogP contribution in [0.3, 0.4) is 0 Å². The monoisotopic (exact) mass is 284 g/mol. The SMILES string of the molecule is N#Cc1c(N2CCC(O)CC2)nn(-c2ccncc2)c1N. The van der Waals surface area contributed by atoms with E-state index in [0.717, 1.165) is 5.69 Å². The minimum absolute atomic E-state index is 0.272. The van der Waals surface area contributed by atoms with Crippen LogP contribution in [0.15, 0.2) is 24.5 Å². The molecule has 108 valence electrons. The van der Waals surface area contributed by atoms with Crippen molar-refractivity contribution in [2.75, 3.05) is 23.7 Å². The van der Waals surface area contributed by atoms with Gasteiger partial charge >= 0.3 is 0 Å². The maximum Gasteiger partial charge on any atom is 0.171 e. The van der Waals surface area contributed by atoms with Crippen molar-refractivity contribution in [1.82, 2.24) is 14.8 Å². The van der Waals surface area contributed by atoms with Crippen molar-refractivity contribution in [3.8, 4) is 11.8 Å². The minimum atomic E-state index is -0.272. The number of anilines is 2. The van der Waals surface area contributed by atoms with Crippen LogP contribution in [0.2, 0.25) is 0 Å². The molecule has 0 radical (unpaired) electrons. The summed E-state index contributed by atoms with van der Waals surface area (Å²) in [6, 6.07) is 5.71. The quantitative estimate of drug-likeness (QED) is 0.840. The molecule has 1 saturated heterocycles. The Labute approximate surface area is 122 Å². The van der Waals surface area contributed by atoms with Crippen LogP contribution in [0.4, 0.5) is 11.6 Å². The van der Waals surface area contributed by atoms with Gasteiger partial charge in [0.15, 0.2) is 5.82 Å². The maximum absolute atomic E-state index is 9.59. The van der Waals surface area contributed by atoms with Crippen LogP contribution >= 0.6 is 0 Å². The fraction of sp³-hybridized carbons (Fsp3) is 0.357. The summed E-state index contributed by atoms with van der Waals surface area (Å²) in [5.74, 6) is 0.906. The molecule has 1 aliphatic rings. The Morgan fingerprint density at radius 2 is 1.95 bits per heavy atom. The number of nitriles is 1. The Hall–Kier alpha value is -2.59. The molecule has 1 fully saturated rings. The lowest BCUT2D eigenvalue weighted by Crippen LogP contribution is -2.36. The molecule has 0 aliphatic carbocycles. The first-order valence-corrected chi connectivity index (χ1v) is 6.82. The molecule has 0 amide bonds. The predicted octanol–water partition coefficient (Wildman–Crippen LogP) is 0.682.